The number of carbonyl (C=O) groups excluding carboxylic acids is 3. The number of rotatable bonds is 13. The van der Waals surface area contributed by atoms with Gasteiger partial charge in [-0.1, -0.05) is 48.8 Å². The number of ether oxygens (including phenoxy) is 6. The number of hydrogen-bond donors (Lipinski definition) is 2. The van der Waals surface area contributed by atoms with E-state index < -0.39 is 29.0 Å². The van der Waals surface area contributed by atoms with Gasteiger partial charge < -0.3 is 39.1 Å². The summed E-state index contributed by atoms with van der Waals surface area (Å²) in [7, 11) is 3.94. The van der Waals surface area contributed by atoms with Crippen molar-refractivity contribution in [3.63, 3.8) is 0 Å². The van der Waals surface area contributed by atoms with Crippen LogP contribution in [0, 0.1) is 17.3 Å². The second-order valence-corrected chi connectivity index (χ2v) is 17.5. The van der Waals surface area contributed by atoms with Crippen LogP contribution in [0.1, 0.15) is 72.1 Å². The van der Waals surface area contributed by atoms with Crippen LogP contribution in [-0.4, -0.2) is 103 Å². The van der Waals surface area contributed by atoms with Crippen molar-refractivity contribution in [3.05, 3.63) is 11.1 Å². The quantitative estimate of drug-likeness (QED) is 0.128. The molecule has 5 heterocycles. The Balaban J connectivity index is 0.833. The first-order chi connectivity index (χ1) is 22.2. The molecule has 8 rings (SSSR count). The minimum atomic E-state index is -0.775. The van der Waals surface area contributed by atoms with Crippen molar-refractivity contribution in [2.24, 2.45) is 17.3 Å². The van der Waals surface area contributed by atoms with Gasteiger partial charge in [-0.15, -0.1) is 0 Å². The number of fused-ring (bicyclic) bond motifs is 4. The molecule has 254 valence electrons. The lowest BCUT2D eigenvalue weighted by Gasteiger charge is -2.53. The number of epoxide rings is 3. The molecule has 13 heteroatoms. The summed E-state index contributed by atoms with van der Waals surface area (Å²) in [5.41, 5.74) is -0.422. The molecule has 0 aromatic rings. The lowest BCUT2D eigenvalue weighted by molar-refractivity contribution is -0.136. The molecule has 0 aromatic heterocycles. The Bertz CT molecular complexity index is 1320. The number of carbonyl (C=O) groups is 3. The van der Waals surface area contributed by atoms with E-state index in [2.05, 4.69) is 31.4 Å². The van der Waals surface area contributed by atoms with E-state index in [1.807, 2.05) is 21.6 Å². The Hall–Kier alpha value is -1.51. The molecule has 46 heavy (non-hydrogen) atoms. The SMILES string of the molecule is CC(C)[C@]12O[C@H]1[C@@H]1OC13C1(O[C@H]1C[C@H]1C4=C(CC[C@@]13C)C(=O)OC4)C2OC(=O)NCCOCCNC(=O)CCCCC1CCSS1. The summed E-state index contributed by atoms with van der Waals surface area (Å²) >= 11 is 0. The molecule has 2 N–H and O–H groups in total. The van der Waals surface area contributed by atoms with Gasteiger partial charge >= 0.3 is 12.1 Å². The molecule has 10 atom stereocenters. The Morgan fingerprint density at radius 2 is 1.91 bits per heavy atom. The summed E-state index contributed by atoms with van der Waals surface area (Å²) in [5, 5.41) is 6.52. The molecule has 11 nitrogen and oxygen atoms in total. The van der Waals surface area contributed by atoms with Crippen LogP contribution in [-0.2, 0) is 38.0 Å². The molecular formula is C33H46N2O9S2. The summed E-state index contributed by atoms with van der Waals surface area (Å²) in [5.74, 6) is 1.33. The third kappa shape index (κ3) is 4.57. The fraction of sp³-hybridized carbons (Fsp3) is 0.848. The maximum absolute atomic E-state index is 13.3. The number of nitrogens with one attached hydrogen (secondary N) is 2. The molecule has 8 aliphatic rings. The lowest BCUT2D eigenvalue weighted by Crippen LogP contribution is -2.70. The average Bonchev–Trinajstić information content (AvgIpc) is 3.97. The molecule has 0 bridgehead atoms. The van der Waals surface area contributed by atoms with E-state index in [0.29, 0.717) is 39.2 Å². The van der Waals surface area contributed by atoms with E-state index in [4.69, 9.17) is 28.4 Å². The number of unbranched alkanes of at least 4 members (excludes halogenated alkanes) is 1. The van der Waals surface area contributed by atoms with Gasteiger partial charge in [0.15, 0.2) is 11.7 Å². The molecule has 5 aliphatic heterocycles. The van der Waals surface area contributed by atoms with Crippen molar-refractivity contribution in [2.45, 2.75) is 119 Å². The molecule has 3 aliphatic carbocycles. The van der Waals surface area contributed by atoms with Gasteiger partial charge in [0.1, 0.15) is 30.0 Å². The second-order valence-electron chi connectivity index (χ2n) is 14.8. The molecule has 2 amide bonds. The van der Waals surface area contributed by atoms with E-state index in [1.165, 1.54) is 18.6 Å². The first-order valence-corrected chi connectivity index (χ1v) is 19.6. The number of cyclic esters (lactones) is 1. The summed E-state index contributed by atoms with van der Waals surface area (Å²) in [6.07, 6.45) is 5.64. The molecule has 2 saturated carbocycles. The molecule has 4 unspecified atom stereocenters. The van der Waals surface area contributed by atoms with Crippen molar-refractivity contribution < 1.29 is 42.8 Å². The van der Waals surface area contributed by atoms with Crippen LogP contribution in [0.25, 0.3) is 0 Å². The summed E-state index contributed by atoms with van der Waals surface area (Å²) in [6, 6.07) is 0. The van der Waals surface area contributed by atoms with E-state index in [-0.39, 0.29) is 54.0 Å². The first-order valence-electron chi connectivity index (χ1n) is 17.2. The van der Waals surface area contributed by atoms with Crippen LogP contribution in [0.5, 0.6) is 0 Å². The maximum atomic E-state index is 13.3. The van der Waals surface area contributed by atoms with Crippen molar-refractivity contribution in [3.8, 4) is 0 Å². The molecular weight excluding hydrogens is 633 g/mol. The summed E-state index contributed by atoms with van der Waals surface area (Å²) in [4.78, 5) is 37.8. The van der Waals surface area contributed by atoms with Crippen molar-refractivity contribution in [2.75, 3.05) is 38.7 Å². The third-order valence-corrected chi connectivity index (χ3v) is 15.3. The van der Waals surface area contributed by atoms with Crippen LogP contribution >= 0.6 is 21.6 Å². The van der Waals surface area contributed by atoms with Gasteiger partial charge in [-0.2, -0.15) is 0 Å². The molecule has 4 saturated heterocycles. The van der Waals surface area contributed by atoms with Gasteiger partial charge in [-0.25, -0.2) is 9.59 Å². The maximum Gasteiger partial charge on any atom is 0.407 e. The summed E-state index contributed by atoms with van der Waals surface area (Å²) < 4.78 is 37.3. The van der Waals surface area contributed by atoms with E-state index >= 15 is 0 Å². The second kappa shape index (κ2) is 11.5. The van der Waals surface area contributed by atoms with Crippen LogP contribution in [0.2, 0.25) is 0 Å². The Morgan fingerprint density at radius 1 is 1.09 bits per heavy atom. The highest BCUT2D eigenvalue weighted by Gasteiger charge is 3.01. The highest BCUT2D eigenvalue weighted by molar-refractivity contribution is 8.77. The van der Waals surface area contributed by atoms with E-state index in [0.717, 1.165) is 42.1 Å². The lowest BCUT2D eigenvalue weighted by atomic mass is 9.46. The van der Waals surface area contributed by atoms with Crippen LogP contribution in [0.3, 0.4) is 0 Å². The fourth-order valence-electron chi connectivity index (χ4n) is 9.89. The van der Waals surface area contributed by atoms with Crippen molar-refractivity contribution in [1.29, 1.82) is 0 Å². The normalized spacial score (nSPS) is 43.8. The van der Waals surface area contributed by atoms with Crippen LogP contribution in [0.15, 0.2) is 11.1 Å². The summed E-state index contributed by atoms with van der Waals surface area (Å²) in [6.45, 7) is 8.22. The van der Waals surface area contributed by atoms with Crippen molar-refractivity contribution >= 4 is 39.6 Å². The average molecular weight is 679 g/mol. The zero-order chi connectivity index (χ0) is 31.9. The highest BCUT2D eigenvalue weighted by Crippen LogP contribution is 2.83. The largest absolute Gasteiger partial charge is 0.458 e. The Morgan fingerprint density at radius 3 is 2.70 bits per heavy atom. The van der Waals surface area contributed by atoms with Crippen LogP contribution in [0.4, 0.5) is 4.79 Å². The van der Waals surface area contributed by atoms with Crippen molar-refractivity contribution in [1.82, 2.24) is 10.6 Å². The Labute approximate surface area is 278 Å². The zero-order valence-corrected chi connectivity index (χ0v) is 28.6. The topological polar surface area (TPSA) is 141 Å². The number of alkyl carbamates (subject to hydrolysis) is 1. The van der Waals surface area contributed by atoms with Crippen LogP contribution < -0.4 is 10.6 Å². The van der Waals surface area contributed by atoms with Gasteiger partial charge in [-0.3, -0.25) is 4.79 Å². The van der Waals surface area contributed by atoms with Gasteiger partial charge in [0.05, 0.1) is 19.3 Å². The highest BCUT2D eigenvalue weighted by atomic mass is 33.1. The fourth-order valence-corrected chi connectivity index (χ4v) is 12.9. The Kier molecular flexibility index (Phi) is 7.96. The number of hydrogen-bond acceptors (Lipinski definition) is 11. The van der Waals surface area contributed by atoms with E-state index in [9.17, 15) is 14.4 Å². The van der Waals surface area contributed by atoms with Gasteiger partial charge in [0.2, 0.25) is 5.91 Å². The molecule has 2 spiro atoms. The smallest absolute Gasteiger partial charge is 0.407 e. The van der Waals surface area contributed by atoms with Gasteiger partial charge in [0, 0.05) is 41.5 Å². The monoisotopic (exact) mass is 678 g/mol. The van der Waals surface area contributed by atoms with Gasteiger partial charge in [-0.05, 0) is 55.9 Å². The van der Waals surface area contributed by atoms with E-state index in [1.54, 1.807) is 0 Å². The molecule has 6 fully saturated rings. The minimum absolute atomic E-state index is 0.0592. The first kappa shape index (κ1) is 31.7. The number of esters is 1. The molecule has 0 radical (unpaired) electrons. The third-order valence-electron chi connectivity index (χ3n) is 12.3. The predicted octanol–water partition coefficient (Wildman–Crippen LogP) is 3.68. The minimum Gasteiger partial charge on any atom is -0.458 e. The zero-order valence-electron chi connectivity index (χ0n) is 26.9. The predicted molar refractivity (Wildman–Crippen MR) is 170 cm³/mol. The number of amides is 2. The molecule has 0 aromatic carbocycles. The van der Waals surface area contributed by atoms with Gasteiger partial charge in [0.25, 0.3) is 0 Å². The standard InChI is InChI=1S/C33H46N2O9S2/c1-18(2)31-25(43-31)26-33(44-26)30(3)10-8-20-21(17-40-27(20)37)22(30)16-23-32(33,42-23)28(31)41-29(38)35-12-14-39-13-11-34-24(36)7-5-4-6-19-9-15-45-46-19/h18-19,22-23,25-26,28H,4-17H2,1-3H3,(H,34,36)(H,35,38)/t19?,22-,23-,25-,26-,28?,30-,31-,32?,33?/m0/s1.